The van der Waals surface area contributed by atoms with Gasteiger partial charge in [0.15, 0.2) is 4.80 Å². The van der Waals surface area contributed by atoms with Crippen LogP contribution in [0.15, 0.2) is 62.8 Å². The molecule has 0 bridgehead atoms. The second-order valence-electron chi connectivity index (χ2n) is 6.37. The molecule has 3 aromatic rings. The first kappa shape index (κ1) is 19.4. The van der Waals surface area contributed by atoms with Crippen LogP contribution < -0.4 is 19.6 Å². The number of aromatic nitrogens is 1. The lowest BCUT2D eigenvalue weighted by Crippen LogP contribution is -2.39. The highest BCUT2D eigenvalue weighted by Crippen LogP contribution is 2.32. The van der Waals surface area contributed by atoms with Crippen molar-refractivity contribution in [3.05, 3.63) is 83.2 Å². The van der Waals surface area contributed by atoms with Crippen LogP contribution in [0.25, 0.3) is 6.08 Å². The summed E-state index contributed by atoms with van der Waals surface area (Å²) in [4.78, 5) is 31.8. The van der Waals surface area contributed by atoms with Crippen LogP contribution in [-0.2, 0) is 9.53 Å². The van der Waals surface area contributed by atoms with Crippen molar-refractivity contribution in [1.29, 1.82) is 0 Å². The Hall–Kier alpha value is -2.97. The van der Waals surface area contributed by atoms with Crippen molar-refractivity contribution in [2.24, 2.45) is 4.99 Å². The first-order chi connectivity index (χ1) is 14.0. The molecule has 4 rings (SSSR count). The van der Waals surface area contributed by atoms with Crippen molar-refractivity contribution in [3.63, 3.8) is 0 Å². The molecule has 29 heavy (non-hydrogen) atoms. The Bertz CT molecular complexity index is 1280. The first-order valence-electron chi connectivity index (χ1n) is 8.82. The first-order valence-corrected chi connectivity index (χ1v) is 10.5. The Labute approximate surface area is 174 Å². The molecule has 8 heteroatoms. The number of carbonyl (C=O) groups excluding carboxylic acids is 1. The van der Waals surface area contributed by atoms with Crippen LogP contribution in [0, 0.1) is 0 Å². The molecule has 0 saturated carbocycles. The molecule has 0 N–H and O–H groups in total. The summed E-state index contributed by atoms with van der Waals surface area (Å²) in [6.07, 6.45) is 1.81. The Kier molecular flexibility index (Phi) is 5.21. The zero-order valence-corrected chi connectivity index (χ0v) is 17.7. The van der Waals surface area contributed by atoms with Gasteiger partial charge in [-0.25, -0.2) is 9.79 Å². The maximum atomic E-state index is 13.3. The lowest BCUT2D eigenvalue weighted by molar-refractivity contribution is -0.136. The molecule has 0 aliphatic carbocycles. The van der Waals surface area contributed by atoms with Crippen LogP contribution in [-0.4, -0.2) is 24.8 Å². The number of ether oxygens (including phenoxy) is 2. The molecule has 1 atom stereocenters. The highest BCUT2D eigenvalue weighted by atomic mass is 32.1. The zero-order chi connectivity index (χ0) is 20.5. The van der Waals surface area contributed by atoms with Crippen LogP contribution in [0.5, 0.6) is 5.75 Å². The molecule has 0 unspecified atom stereocenters. The van der Waals surface area contributed by atoms with Gasteiger partial charge in [0.2, 0.25) is 0 Å². The van der Waals surface area contributed by atoms with Gasteiger partial charge in [0.25, 0.3) is 5.56 Å². The third-order valence-electron chi connectivity index (χ3n) is 4.63. The summed E-state index contributed by atoms with van der Waals surface area (Å²) in [5.74, 6) is 0.235. The quantitative estimate of drug-likeness (QED) is 0.601. The monoisotopic (exact) mass is 426 g/mol. The average Bonchev–Trinajstić information content (AvgIpc) is 3.35. The number of thiazole rings is 1. The number of esters is 1. The molecule has 148 valence electrons. The number of hydrogen-bond donors (Lipinski definition) is 0. The molecule has 1 aliphatic heterocycles. The second kappa shape index (κ2) is 7.81. The van der Waals surface area contributed by atoms with Crippen molar-refractivity contribution >= 4 is 34.7 Å². The van der Waals surface area contributed by atoms with E-state index in [9.17, 15) is 9.59 Å². The summed E-state index contributed by atoms with van der Waals surface area (Å²) < 4.78 is 12.4. The molecule has 1 aliphatic rings. The van der Waals surface area contributed by atoms with Crippen molar-refractivity contribution in [3.8, 4) is 5.75 Å². The molecular weight excluding hydrogens is 408 g/mol. The normalized spacial score (nSPS) is 16.4. The lowest BCUT2D eigenvalue weighted by Gasteiger charge is -2.22. The third-order valence-corrected chi connectivity index (χ3v) is 6.54. The smallest absolute Gasteiger partial charge is 0.338 e. The molecule has 0 fully saturated rings. The van der Waals surface area contributed by atoms with Gasteiger partial charge in [-0.3, -0.25) is 9.36 Å². The molecule has 1 aromatic carbocycles. The van der Waals surface area contributed by atoms with E-state index >= 15 is 0 Å². The standard InChI is InChI=1S/C21H18N2O4S2/c1-12-17(20(25)27-3)18(15-8-5-9-28-15)23-19(24)16(29-21(23)22-12)11-13-6-4-7-14(10-13)26-2/h4-11,18H,1-3H3/b16-11+/t18-/m0/s1. The van der Waals surface area contributed by atoms with Gasteiger partial charge in [-0.2, -0.15) is 0 Å². The molecule has 2 aromatic heterocycles. The number of carbonyl (C=O) groups is 1. The number of hydrogen-bond acceptors (Lipinski definition) is 7. The van der Waals surface area contributed by atoms with Gasteiger partial charge < -0.3 is 9.47 Å². The fourth-order valence-corrected chi connectivity index (χ4v) is 5.16. The van der Waals surface area contributed by atoms with Gasteiger partial charge in [-0.1, -0.05) is 29.5 Å². The number of allylic oxidation sites excluding steroid dienone is 1. The number of nitrogens with zero attached hydrogens (tertiary/aromatic N) is 2. The van der Waals surface area contributed by atoms with Crippen molar-refractivity contribution in [2.75, 3.05) is 14.2 Å². The summed E-state index contributed by atoms with van der Waals surface area (Å²) in [7, 11) is 2.94. The fourth-order valence-electron chi connectivity index (χ4n) is 3.29. The van der Waals surface area contributed by atoms with E-state index in [0.717, 1.165) is 10.4 Å². The second-order valence-corrected chi connectivity index (χ2v) is 8.35. The van der Waals surface area contributed by atoms with Crippen LogP contribution in [0.1, 0.15) is 23.4 Å². The van der Waals surface area contributed by atoms with E-state index in [1.54, 1.807) is 18.6 Å². The van der Waals surface area contributed by atoms with Gasteiger partial charge in [0.05, 0.1) is 30.0 Å². The summed E-state index contributed by atoms with van der Waals surface area (Å²) in [6, 6.07) is 10.7. The third kappa shape index (κ3) is 3.45. The maximum absolute atomic E-state index is 13.3. The van der Waals surface area contributed by atoms with Crippen molar-refractivity contribution in [1.82, 2.24) is 4.57 Å². The fraction of sp³-hybridized carbons (Fsp3) is 0.190. The molecule has 6 nitrogen and oxygen atoms in total. The van der Waals surface area contributed by atoms with Gasteiger partial charge in [-0.05, 0) is 42.1 Å². The van der Waals surface area contributed by atoms with Crippen LogP contribution in [0.4, 0.5) is 0 Å². The van der Waals surface area contributed by atoms with Gasteiger partial charge in [0, 0.05) is 4.88 Å². The Balaban J connectivity index is 1.95. The van der Waals surface area contributed by atoms with Crippen LogP contribution in [0.2, 0.25) is 0 Å². The maximum Gasteiger partial charge on any atom is 0.338 e. The van der Waals surface area contributed by atoms with Gasteiger partial charge in [0.1, 0.15) is 11.8 Å². The summed E-state index contributed by atoms with van der Waals surface area (Å²) in [5.41, 5.74) is 1.61. The van der Waals surface area contributed by atoms with Crippen LogP contribution in [0.3, 0.4) is 0 Å². The van der Waals surface area contributed by atoms with E-state index in [4.69, 9.17) is 9.47 Å². The Morgan fingerprint density at radius 2 is 2.07 bits per heavy atom. The van der Waals surface area contributed by atoms with Crippen LogP contribution >= 0.6 is 22.7 Å². The summed E-state index contributed by atoms with van der Waals surface area (Å²) >= 11 is 2.79. The number of thiophene rings is 1. The molecule has 0 amide bonds. The van der Waals surface area contributed by atoms with E-state index in [0.29, 0.717) is 26.4 Å². The number of methoxy groups -OCH3 is 2. The van der Waals surface area contributed by atoms with E-state index in [1.807, 2.05) is 47.9 Å². The van der Waals surface area contributed by atoms with Gasteiger partial charge >= 0.3 is 5.97 Å². The van der Waals surface area contributed by atoms with Gasteiger partial charge in [-0.15, -0.1) is 11.3 Å². The van der Waals surface area contributed by atoms with E-state index in [-0.39, 0.29) is 5.56 Å². The molecule has 0 saturated heterocycles. The van der Waals surface area contributed by atoms with Crippen molar-refractivity contribution in [2.45, 2.75) is 13.0 Å². The summed E-state index contributed by atoms with van der Waals surface area (Å²) in [5, 5.41) is 1.92. The highest BCUT2D eigenvalue weighted by Gasteiger charge is 2.33. The van der Waals surface area contributed by atoms with E-state index in [2.05, 4.69) is 4.99 Å². The topological polar surface area (TPSA) is 69.9 Å². The summed E-state index contributed by atoms with van der Waals surface area (Å²) in [6.45, 7) is 1.77. The average molecular weight is 427 g/mol. The predicted octanol–water partition coefficient (Wildman–Crippen LogP) is 2.48. The number of benzene rings is 1. The lowest BCUT2D eigenvalue weighted by atomic mass is 10.0. The minimum absolute atomic E-state index is 0.191. The molecule has 0 radical (unpaired) electrons. The van der Waals surface area contributed by atoms with E-state index < -0.39 is 12.0 Å². The SMILES string of the molecule is COC(=O)C1=C(C)N=c2s/c(=C/c3cccc(OC)c3)c(=O)n2[C@H]1c1cccs1. The minimum Gasteiger partial charge on any atom is -0.497 e. The molecular formula is C21H18N2O4S2. The number of rotatable bonds is 4. The predicted molar refractivity (Wildman–Crippen MR) is 113 cm³/mol. The highest BCUT2D eigenvalue weighted by molar-refractivity contribution is 7.10. The largest absolute Gasteiger partial charge is 0.497 e. The molecule has 3 heterocycles. The minimum atomic E-state index is -0.550. The Morgan fingerprint density at radius 3 is 2.76 bits per heavy atom. The Morgan fingerprint density at radius 1 is 1.24 bits per heavy atom. The van der Waals surface area contributed by atoms with E-state index in [1.165, 1.54) is 29.8 Å². The zero-order valence-electron chi connectivity index (χ0n) is 16.0. The number of fused-ring (bicyclic) bond motifs is 1. The molecule has 0 spiro atoms. The van der Waals surface area contributed by atoms with Crippen molar-refractivity contribution < 1.29 is 14.3 Å².